The van der Waals surface area contributed by atoms with Crippen molar-refractivity contribution in [3.8, 4) is 0 Å². The van der Waals surface area contributed by atoms with E-state index in [1.165, 1.54) is 36.4 Å². The molecule has 0 bridgehead atoms. The SMILES string of the molecule is CCOC(=O)CCc1ccc(Cl)c(NC(=O)[C@@H](CC(F)(F)F)c2ccc(Cl)cc2)c1. The number of ether oxygens (including phenoxy) is 1. The minimum Gasteiger partial charge on any atom is -0.466 e. The van der Waals surface area contributed by atoms with Crippen LogP contribution < -0.4 is 5.32 Å². The first-order valence-corrected chi connectivity index (χ1v) is 9.91. The first-order valence-electron chi connectivity index (χ1n) is 9.16. The summed E-state index contributed by atoms with van der Waals surface area (Å²) in [6.07, 6.45) is -5.42. The highest BCUT2D eigenvalue weighted by molar-refractivity contribution is 6.33. The number of hydrogen-bond donors (Lipinski definition) is 1. The molecule has 4 nitrogen and oxygen atoms in total. The number of hydrogen-bond acceptors (Lipinski definition) is 3. The van der Waals surface area contributed by atoms with E-state index in [2.05, 4.69) is 5.32 Å². The number of amides is 1. The van der Waals surface area contributed by atoms with Gasteiger partial charge in [-0.15, -0.1) is 0 Å². The summed E-state index contributed by atoms with van der Waals surface area (Å²) >= 11 is 11.9. The third-order valence-corrected chi connectivity index (χ3v) is 4.82. The Labute approximate surface area is 182 Å². The summed E-state index contributed by atoms with van der Waals surface area (Å²) in [5.74, 6) is -2.69. The molecule has 0 aliphatic heterocycles. The monoisotopic (exact) mass is 461 g/mol. The van der Waals surface area contributed by atoms with Crippen LogP contribution in [0.3, 0.4) is 0 Å². The zero-order valence-corrected chi connectivity index (χ0v) is 17.6. The van der Waals surface area contributed by atoms with E-state index in [0.717, 1.165) is 0 Å². The molecule has 2 aromatic carbocycles. The Balaban J connectivity index is 2.20. The minimum absolute atomic E-state index is 0.129. The molecule has 30 heavy (non-hydrogen) atoms. The van der Waals surface area contributed by atoms with Crippen LogP contribution in [-0.2, 0) is 20.7 Å². The summed E-state index contributed by atoms with van der Waals surface area (Å²) < 4.78 is 44.1. The average Bonchev–Trinajstić information content (AvgIpc) is 2.67. The number of esters is 1. The molecular weight excluding hydrogens is 442 g/mol. The van der Waals surface area contributed by atoms with Crippen LogP contribution in [0.25, 0.3) is 0 Å². The maximum absolute atomic E-state index is 13.1. The highest BCUT2D eigenvalue weighted by atomic mass is 35.5. The Bertz CT molecular complexity index is 886. The maximum Gasteiger partial charge on any atom is 0.390 e. The second kappa shape index (κ2) is 10.7. The summed E-state index contributed by atoms with van der Waals surface area (Å²) in [7, 11) is 0. The van der Waals surface area contributed by atoms with Crippen LogP contribution in [0.4, 0.5) is 18.9 Å². The molecule has 0 aliphatic carbocycles. The van der Waals surface area contributed by atoms with Gasteiger partial charge in [-0.05, 0) is 48.7 Å². The zero-order chi connectivity index (χ0) is 22.3. The maximum atomic E-state index is 13.1. The molecule has 0 spiro atoms. The van der Waals surface area contributed by atoms with Crippen LogP contribution in [0.1, 0.15) is 36.8 Å². The third kappa shape index (κ3) is 7.54. The van der Waals surface area contributed by atoms with E-state index in [1.54, 1.807) is 13.0 Å². The van der Waals surface area contributed by atoms with Crippen molar-refractivity contribution in [2.75, 3.05) is 11.9 Å². The van der Waals surface area contributed by atoms with E-state index in [0.29, 0.717) is 17.0 Å². The summed E-state index contributed by atoms with van der Waals surface area (Å²) in [5.41, 5.74) is 1.04. The van der Waals surface area contributed by atoms with Gasteiger partial charge in [-0.25, -0.2) is 0 Å². The van der Waals surface area contributed by atoms with E-state index >= 15 is 0 Å². The summed E-state index contributed by atoms with van der Waals surface area (Å²) in [6, 6.07) is 10.3. The lowest BCUT2D eigenvalue weighted by molar-refractivity contribution is -0.146. The van der Waals surface area contributed by atoms with Crippen LogP contribution in [0.5, 0.6) is 0 Å². The van der Waals surface area contributed by atoms with E-state index < -0.39 is 24.4 Å². The second-order valence-corrected chi connectivity index (χ2v) is 7.38. The highest BCUT2D eigenvalue weighted by Crippen LogP contribution is 2.34. The Morgan fingerprint density at radius 2 is 1.77 bits per heavy atom. The van der Waals surface area contributed by atoms with Gasteiger partial charge in [-0.3, -0.25) is 9.59 Å². The smallest absolute Gasteiger partial charge is 0.390 e. The fraction of sp³-hybridized carbons (Fsp3) is 0.333. The predicted molar refractivity (Wildman–Crippen MR) is 110 cm³/mol. The molecule has 9 heteroatoms. The number of carbonyl (C=O) groups excluding carboxylic acids is 2. The lowest BCUT2D eigenvalue weighted by Gasteiger charge is -2.20. The molecule has 1 atom stereocenters. The van der Waals surface area contributed by atoms with Crippen LogP contribution in [-0.4, -0.2) is 24.7 Å². The molecule has 1 amide bonds. The topological polar surface area (TPSA) is 55.4 Å². The number of benzene rings is 2. The standard InChI is InChI=1S/C21H20Cl2F3NO3/c1-2-30-19(28)10-4-13-3-9-17(23)18(11-13)27-20(29)16(12-21(24,25)26)14-5-7-15(22)8-6-14/h3,5-9,11,16H,2,4,10,12H2,1H3,(H,27,29)/t16-/m0/s1. The summed E-state index contributed by atoms with van der Waals surface area (Å²) in [5, 5.41) is 3.00. The number of nitrogens with one attached hydrogen (secondary N) is 1. The number of aryl methyl sites for hydroxylation is 1. The van der Waals surface area contributed by atoms with Crippen molar-refractivity contribution < 1.29 is 27.5 Å². The van der Waals surface area contributed by atoms with Gasteiger partial charge in [0.1, 0.15) is 0 Å². The van der Waals surface area contributed by atoms with Gasteiger partial charge in [0.15, 0.2) is 0 Å². The lowest BCUT2D eigenvalue weighted by atomic mass is 9.94. The summed E-state index contributed by atoms with van der Waals surface area (Å²) in [6.45, 7) is 1.97. The van der Waals surface area contributed by atoms with Crippen LogP contribution >= 0.6 is 23.2 Å². The molecule has 1 N–H and O–H groups in total. The fourth-order valence-electron chi connectivity index (χ4n) is 2.81. The van der Waals surface area contributed by atoms with Crippen molar-refractivity contribution in [1.82, 2.24) is 0 Å². The van der Waals surface area contributed by atoms with Gasteiger partial charge in [0.2, 0.25) is 5.91 Å². The van der Waals surface area contributed by atoms with Crippen molar-refractivity contribution in [3.63, 3.8) is 0 Å². The van der Waals surface area contributed by atoms with Gasteiger partial charge < -0.3 is 10.1 Å². The number of carbonyl (C=O) groups is 2. The van der Waals surface area contributed by atoms with Gasteiger partial charge in [0.25, 0.3) is 0 Å². The Kier molecular flexibility index (Phi) is 8.55. The molecule has 2 rings (SSSR count). The van der Waals surface area contributed by atoms with E-state index in [4.69, 9.17) is 27.9 Å². The number of anilines is 1. The summed E-state index contributed by atoms with van der Waals surface area (Å²) in [4.78, 5) is 24.2. The molecule has 0 heterocycles. The van der Waals surface area contributed by atoms with Gasteiger partial charge in [0.05, 0.1) is 29.7 Å². The van der Waals surface area contributed by atoms with Gasteiger partial charge in [-0.2, -0.15) is 13.2 Å². The van der Waals surface area contributed by atoms with Gasteiger partial charge in [0, 0.05) is 11.4 Å². The van der Waals surface area contributed by atoms with Crippen molar-refractivity contribution in [2.24, 2.45) is 0 Å². The first kappa shape index (κ1) is 24.0. The van der Waals surface area contributed by atoms with Crippen LogP contribution in [0.15, 0.2) is 42.5 Å². The molecule has 0 fully saturated rings. The van der Waals surface area contributed by atoms with Crippen LogP contribution in [0.2, 0.25) is 10.0 Å². The predicted octanol–water partition coefficient (Wildman–Crippen LogP) is 6.16. The molecule has 0 saturated carbocycles. The average molecular weight is 462 g/mol. The van der Waals surface area contributed by atoms with Crippen LogP contribution in [0, 0.1) is 0 Å². The molecule has 0 unspecified atom stereocenters. The molecule has 0 radical (unpaired) electrons. The lowest BCUT2D eigenvalue weighted by Crippen LogP contribution is -2.26. The third-order valence-electron chi connectivity index (χ3n) is 4.24. The fourth-order valence-corrected chi connectivity index (χ4v) is 3.10. The largest absolute Gasteiger partial charge is 0.466 e. The van der Waals surface area contributed by atoms with E-state index in [1.807, 2.05) is 0 Å². The van der Waals surface area contributed by atoms with Crippen molar-refractivity contribution in [2.45, 2.75) is 38.3 Å². The zero-order valence-electron chi connectivity index (χ0n) is 16.1. The van der Waals surface area contributed by atoms with E-state index in [-0.39, 0.29) is 35.3 Å². The van der Waals surface area contributed by atoms with Crippen molar-refractivity contribution >= 4 is 40.8 Å². The van der Waals surface area contributed by atoms with E-state index in [9.17, 15) is 22.8 Å². The Hall–Kier alpha value is -2.25. The first-order chi connectivity index (χ1) is 14.1. The quantitative estimate of drug-likeness (QED) is 0.478. The molecule has 0 aromatic heterocycles. The minimum atomic E-state index is -4.55. The van der Waals surface area contributed by atoms with Crippen molar-refractivity contribution in [3.05, 3.63) is 63.6 Å². The second-order valence-electron chi connectivity index (χ2n) is 6.53. The normalized spacial score (nSPS) is 12.3. The van der Waals surface area contributed by atoms with Gasteiger partial charge in [-0.1, -0.05) is 41.4 Å². The Morgan fingerprint density at radius 1 is 1.10 bits per heavy atom. The molecule has 0 saturated heterocycles. The number of rotatable bonds is 8. The van der Waals surface area contributed by atoms with Crippen molar-refractivity contribution in [1.29, 1.82) is 0 Å². The molecule has 2 aromatic rings. The molecule has 0 aliphatic rings. The number of halogens is 5. The van der Waals surface area contributed by atoms with Gasteiger partial charge >= 0.3 is 12.1 Å². The highest BCUT2D eigenvalue weighted by Gasteiger charge is 2.36. The molecular formula is C21H20Cl2F3NO3. The Morgan fingerprint density at radius 3 is 2.37 bits per heavy atom. The molecule has 162 valence electrons. The number of alkyl halides is 3.